The second-order valence-corrected chi connectivity index (χ2v) is 11.4. The van der Waals surface area contributed by atoms with Crippen molar-refractivity contribution in [3.05, 3.63) is 93.8 Å². The van der Waals surface area contributed by atoms with E-state index in [0.29, 0.717) is 22.4 Å². The zero-order valence-corrected chi connectivity index (χ0v) is 21.2. The molecule has 36 heavy (non-hydrogen) atoms. The van der Waals surface area contributed by atoms with Crippen LogP contribution in [0, 0.1) is 5.82 Å². The molecule has 3 aromatic carbocycles. The van der Waals surface area contributed by atoms with E-state index >= 15 is 0 Å². The molecule has 0 saturated carbocycles. The van der Waals surface area contributed by atoms with Crippen molar-refractivity contribution < 1.29 is 26.3 Å². The Morgan fingerprint density at radius 2 is 1.89 bits per heavy atom. The molecule has 1 heterocycles. The summed E-state index contributed by atoms with van der Waals surface area (Å²) in [5.74, 6) is -3.32. The second kappa shape index (κ2) is 9.92. The van der Waals surface area contributed by atoms with Crippen molar-refractivity contribution in [2.24, 2.45) is 5.73 Å². The highest BCUT2D eigenvalue weighted by molar-refractivity contribution is 7.91. The summed E-state index contributed by atoms with van der Waals surface area (Å²) in [5.41, 5.74) is 7.19. The standard InChI is InChI=1S/C27H25ClF3NO3S/c1-16(26-22(28)7-4-8-23(26)29)11-17-9-10-24-21(12-17)25(14-19(15-32)35-24)36(33,34)20-6-3-5-18(13-20)27(2,30)31/h3-13,19,25H,14-15,32H2,1-2H3/b16-11+. The minimum atomic E-state index is -4.08. The molecule has 4 nitrogen and oxygen atoms in total. The summed E-state index contributed by atoms with van der Waals surface area (Å²) in [4.78, 5) is -0.203. The molecule has 4 rings (SSSR count). The topological polar surface area (TPSA) is 69.4 Å². The number of hydrogen-bond acceptors (Lipinski definition) is 4. The Hall–Kier alpha value is -2.81. The SMILES string of the molecule is C/C(=C\c1ccc2c(c1)C(S(=O)(=O)c1cccc(C(C)(F)F)c1)CC(CN)O2)c1c(F)cccc1Cl. The van der Waals surface area contributed by atoms with Crippen molar-refractivity contribution in [2.75, 3.05) is 6.54 Å². The van der Waals surface area contributed by atoms with Gasteiger partial charge in [0.25, 0.3) is 5.92 Å². The summed E-state index contributed by atoms with van der Waals surface area (Å²) in [7, 11) is -4.08. The van der Waals surface area contributed by atoms with Gasteiger partial charge in [0.15, 0.2) is 9.84 Å². The van der Waals surface area contributed by atoms with Crippen LogP contribution in [-0.4, -0.2) is 21.1 Å². The first-order valence-electron chi connectivity index (χ1n) is 11.3. The molecule has 0 radical (unpaired) electrons. The van der Waals surface area contributed by atoms with Crippen molar-refractivity contribution in [2.45, 2.75) is 42.4 Å². The van der Waals surface area contributed by atoms with Crippen LogP contribution in [0.15, 0.2) is 65.6 Å². The van der Waals surface area contributed by atoms with Crippen LogP contribution in [0.3, 0.4) is 0 Å². The number of sulfone groups is 1. The van der Waals surface area contributed by atoms with E-state index in [1.807, 2.05) is 0 Å². The van der Waals surface area contributed by atoms with Crippen LogP contribution in [0.2, 0.25) is 5.02 Å². The molecule has 2 unspecified atom stereocenters. The molecule has 0 spiro atoms. The number of halogens is 4. The van der Waals surface area contributed by atoms with E-state index in [1.54, 1.807) is 37.3 Å². The molecule has 2 atom stereocenters. The van der Waals surface area contributed by atoms with Gasteiger partial charge in [-0.15, -0.1) is 0 Å². The maximum absolute atomic E-state index is 14.4. The lowest BCUT2D eigenvalue weighted by molar-refractivity contribution is 0.0172. The van der Waals surface area contributed by atoms with Gasteiger partial charge >= 0.3 is 0 Å². The number of allylic oxidation sites excluding steroid dienone is 1. The van der Waals surface area contributed by atoms with Crippen molar-refractivity contribution in [1.82, 2.24) is 0 Å². The zero-order valence-electron chi connectivity index (χ0n) is 19.6. The Morgan fingerprint density at radius 1 is 1.17 bits per heavy atom. The molecule has 1 aliphatic rings. The number of ether oxygens (including phenoxy) is 1. The smallest absolute Gasteiger partial charge is 0.270 e. The fourth-order valence-electron chi connectivity index (χ4n) is 4.35. The average molecular weight is 536 g/mol. The Balaban J connectivity index is 1.80. The van der Waals surface area contributed by atoms with E-state index in [9.17, 15) is 21.6 Å². The lowest BCUT2D eigenvalue weighted by Crippen LogP contribution is -2.35. The molecular formula is C27H25ClF3NO3S. The van der Waals surface area contributed by atoms with Crippen molar-refractivity contribution >= 4 is 33.1 Å². The largest absolute Gasteiger partial charge is 0.489 e. The zero-order chi connectivity index (χ0) is 26.3. The number of benzene rings is 3. The van der Waals surface area contributed by atoms with Gasteiger partial charge in [-0.05, 0) is 54.5 Å². The summed E-state index contributed by atoms with van der Waals surface area (Å²) in [6.45, 7) is 2.51. The molecule has 0 fully saturated rings. The molecule has 1 aliphatic heterocycles. The molecule has 3 aromatic rings. The first-order chi connectivity index (χ1) is 16.9. The highest BCUT2D eigenvalue weighted by Gasteiger charge is 2.38. The lowest BCUT2D eigenvalue weighted by Gasteiger charge is -2.32. The predicted octanol–water partition coefficient (Wildman–Crippen LogP) is 6.78. The van der Waals surface area contributed by atoms with Crippen LogP contribution in [0.4, 0.5) is 13.2 Å². The van der Waals surface area contributed by atoms with Crippen molar-refractivity contribution in [3.63, 3.8) is 0 Å². The average Bonchev–Trinajstić information content (AvgIpc) is 2.82. The van der Waals surface area contributed by atoms with E-state index in [0.717, 1.165) is 13.0 Å². The minimum absolute atomic E-state index is 0.0594. The Bertz CT molecular complexity index is 1410. The third-order valence-electron chi connectivity index (χ3n) is 6.20. The number of fused-ring (bicyclic) bond motifs is 1. The van der Waals surface area contributed by atoms with Gasteiger partial charge in [0.05, 0.1) is 15.2 Å². The summed E-state index contributed by atoms with van der Waals surface area (Å²) < 4.78 is 75.5. The van der Waals surface area contributed by atoms with Crippen LogP contribution in [0.1, 0.15) is 47.8 Å². The van der Waals surface area contributed by atoms with E-state index in [-0.39, 0.29) is 34.0 Å². The second-order valence-electron chi connectivity index (χ2n) is 8.88. The van der Waals surface area contributed by atoms with Gasteiger partial charge in [0.2, 0.25) is 0 Å². The van der Waals surface area contributed by atoms with E-state index in [1.165, 1.54) is 30.3 Å². The highest BCUT2D eigenvalue weighted by atomic mass is 35.5. The van der Waals surface area contributed by atoms with Gasteiger partial charge < -0.3 is 10.5 Å². The van der Waals surface area contributed by atoms with Crippen LogP contribution in [0.25, 0.3) is 11.6 Å². The monoisotopic (exact) mass is 535 g/mol. The summed E-state index contributed by atoms with van der Waals surface area (Å²) in [6, 6.07) is 14.2. The molecule has 0 saturated heterocycles. The first kappa shape index (κ1) is 26.3. The third kappa shape index (κ3) is 5.16. The van der Waals surface area contributed by atoms with Gasteiger partial charge in [-0.25, -0.2) is 21.6 Å². The molecule has 0 amide bonds. The van der Waals surface area contributed by atoms with Gasteiger partial charge in [-0.3, -0.25) is 0 Å². The molecule has 2 N–H and O–H groups in total. The summed E-state index contributed by atoms with van der Waals surface area (Å²) >= 11 is 6.19. The van der Waals surface area contributed by atoms with E-state index < -0.39 is 32.9 Å². The molecule has 9 heteroatoms. The number of alkyl halides is 2. The van der Waals surface area contributed by atoms with Crippen molar-refractivity contribution in [1.29, 1.82) is 0 Å². The van der Waals surface area contributed by atoms with E-state index in [4.69, 9.17) is 22.1 Å². The maximum Gasteiger partial charge on any atom is 0.270 e. The quantitative estimate of drug-likeness (QED) is 0.353. The van der Waals surface area contributed by atoms with E-state index in [2.05, 4.69) is 0 Å². The first-order valence-corrected chi connectivity index (χ1v) is 13.2. The molecule has 190 valence electrons. The summed E-state index contributed by atoms with van der Waals surface area (Å²) in [5, 5.41) is -0.815. The number of nitrogens with two attached hydrogens (primary N) is 1. The van der Waals surface area contributed by atoms with Crippen molar-refractivity contribution in [3.8, 4) is 5.75 Å². The fourth-order valence-corrected chi connectivity index (χ4v) is 6.54. The molecule has 0 aromatic heterocycles. The Morgan fingerprint density at radius 3 is 2.56 bits per heavy atom. The Kier molecular flexibility index (Phi) is 7.23. The summed E-state index contributed by atoms with van der Waals surface area (Å²) in [6.07, 6.45) is 1.19. The van der Waals surface area contributed by atoms with Gasteiger partial charge in [0.1, 0.15) is 17.7 Å². The minimum Gasteiger partial charge on any atom is -0.489 e. The van der Waals surface area contributed by atoms with Crippen LogP contribution < -0.4 is 10.5 Å². The Labute approximate surface area is 213 Å². The lowest BCUT2D eigenvalue weighted by atomic mass is 9.97. The van der Waals surface area contributed by atoms with Gasteiger partial charge in [-0.2, -0.15) is 0 Å². The van der Waals surface area contributed by atoms with Gasteiger partial charge in [0, 0.05) is 36.6 Å². The van der Waals surface area contributed by atoms with Crippen LogP contribution in [0.5, 0.6) is 5.75 Å². The van der Waals surface area contributed by atoms with Gasteiger partial charge in [-0.1, -0.05) is 41.9 Å². The van der Waals surface area contributed by atoms with Crippen LogP contribution in [-0.2, 0) is 15.8 Å². The molecular weight excluding hydrogens is 511 g/mol. The third-order valence-corrected chi connectivity index (χ3v) is 8.62. The molecule has 0 aliphatic carbocycles. The molecule has 0 bridgehead atoms. The number of hydrogen-bond donors (Lipinski definition) is 1. The predicted molar refractivity (Wildman–Crippen MR) is 135 cm³/mol. The maximum atomic E-state index is 14.4. The number of rotatable bonds is 6. The highest BCUT2D eigenvalue weighted by Crippen LogP contribution is 2.43. The normalized spacial score (nSPS) is 18.5. The fraction of sp³-hybridized carbons (Fsp3) is 0.259. The van der Waals surface area contributed by atoms with Crippen LogP contribution >= 0.6 is 11.6 Å².